The number of allylic oxidation sites excluding steroid dienone is 3. The standard InChI is InChI=1S/C24H23N3O2/c1-16-17(22(28)25-23(29)21(16)27-14-8-5-9-15-27)12-13-20-24(2,3)18-10-6-7-11-19(18)26(20)4/h5-15H,1-4H3/p+1. The van der Waals surface area contributed by atoms with Crippen LogP contribution in [0.4, 0.5) is 5.69 Å². The minimum Gasteiger partial charge on any atom is -0.347 e. The molecule has 29 heavy (non-hydrogen) atoms. The molecule has 1 aromatic heterocycles. The Kier molecular flexibility index (Phi) is 4.46. The summed E-state index contributed by atoms with van der Waals surface area (Å²) in [5, 5.41) is 2.47. The molecule has 0 bridgehead atoms. The minimum absolute atomic E-state index is 0.183. The van der Waals surface area contributed by atoms with E-state index in [0.29, 0.717) is 16.8 Å². The van der Waals surface area contributed by atoms with Gasteiger partial charge < -0.3 is 4.90 Å². The fraction of sp³-hybridized carbons (Fsp3) is 0.208. The Morgan fingerprint density at radius 3 is 2.34 bits per heavy atom. The van der Waals surface area contributed by atoms with Gasteiger partial charge in [0.05, 0.1) is 0 Å². The summed E-state index contributed by atoms with van der Waals surface area (Å²) < 4.78 is 1.74. The van der Waals surface area contributed by atoms with Crippen LogP contribution in [0.2, 0.25) is 0 Å². The van der Waals surface area contributed by atoms with Crippen molar-refractivity contribution in [2.45, 2.75) is 26.2 Å². The number of benzene rings is 1. The van der Waals surface area contributed by atoms with E-state index in [-0.39, 0.29) is 17.2 Å². The molecule has 2 aliphatic heterocycles. The van der Waals surface area contributed by atoms with E-state index in [4.69, 9.17) is 0 Å². The van der Waals surface area contributed by atoms with Crippen molar-refractivity contribution in [1.82, 2.24) is 5.32 Å². The van der Waals surface area contributed by atoms with Crippen molar-refractivity contribution in [1.29, 1.82) is 0 Å². The van der Waals surface area contributed by atoms with Crippen molar-refractivity contribution in [3.8, 4) is 0 Å². The van der Waals surface area contributed by atoms with Crippen LogP contribution in [0.25, 0.3) is 5.70 Å². The number of para-hydroxylation sites is 1. The second kappa shape index (κ2) is 6.85. The number of amides is 2. The highest BCUT2D eigenvalue weighted by atomic mass is 16.2. The SMILES string of the molecule is CC1=C([n+]2ccccc2)C(=O)NC(=O)C1=CC=C1N(C)c2ccccc2C1(C)C. The van der Waals surface area contributed by atoms with E-state index >= 15 is 0 Å². The molecule has 146 valence electrons. The maximum absolute atomic E-state index is 12.6. The van der Waals surface area contributed by atoms with Gasteiger partial charge in [-0.05, 0) is 30.7 Å². The number of hydrogen-bond donors (Lipinski definition) is 1. The van der Waals surface area contributed by atoms with Crippen LogP contribution in [-0.4, -0.2) is 18.9 Å². The third-order valence-corrected chi connectivity index (χ3v) is 5.77. The zero-order chi connectivity index (χ0) is 20.8. The van der Waals surface area contributed by atoms with E-state index in [1.165, 1.54) is 11.3 Å². The molecular formula is C24H24N3O2+. The summed E-state index contributed by atoms with van der Waals surface area (Å²) in [5.41, 5.74) is 4.93. The number of nitrogens with zero attached hydrogens (tertiary/aromatic N) is 2. The molecule has 0 saturated heterocycles. The Hall–Kier alpha value is -3.47. The summed E-state index contributed by atoms with van der Waals surface area (Å²) in [6.07, 6.45) is 7.41. The Labute approximate surface area is 170 Å². The summed E-state index contributed by atoms with van der Waals surface area (Å²) in [4.78, 5) is 27.2. The normalized spacial score (nSPS) is 21.0. The van der Waals surface area contributed by atoms with Gasteiger partial charge in [0.1, 0.15) is 0 Å². The smallest absolute Gasteiger partial charge is 0.323 e. The first-order valence-electron chi connectivity index (χ1n) is 9.61. The number of aromatic nitrogens is 1. The average Bonchev–Trinajstić information content (AvgIpc) is 2.89. The highest BCUT2D eigenvalue weighted by Gasteiger charge is 2.38. The van der Waals surface area contributed by atoms with E-state index in [2.05, 4.69) is 36.2 Å². The van der Waals surface area contributed by atoms with Gasteiger partial charge in [-0.1, -0.05) is 38.1 Å². The van der Waals surface area contributed by atoms with Gasteiger partial charge in [-0.15, -0.1) is 0 Å². The van der Waals surface area contributed by atoms with Crippen molar-refractivity contribution in [3.63, 3.8) is 0 Å². The molecule has 0 fully saturated rings. The number of pyridine rings is 1. The van der Waals surface area contributed by atoms with Gasteiger partial charge in [-0.3, -0.25) is 14.9 Å². The first kappa shape index (κ1) is 18.9. The first-order chi connectivity index (χ1) is 13.8. The predicted octanol–water partition coefficient (Wildman–Crippen LogP) is 3.10. The molecule has 0 spiro atoms. The van der Waals surface area contributed by atoms with Crippen LogP contribution >= 0.6 is 0 Å². The highest BCUT2D eigenvalue weighted by molar-refractivity contribution is 6.25. The number of fused-ring (bicyclic) bond motifs is 1. The van der Waals surface area contributed by atoms with Gasteiger partial charge in [0.25, 0.3) is 11.6 Å². The van der Waals surface area contributed by atoms with Crippen molar-refractivity contribution in [2.24, 2.45) is 0 Å². The van der Waals surface area contributed by atoms with Crippen molar-refractivity contribution < 1.29 is 14.2 Å². The molecule has 2 aliphatic rings. The van der Waals surface area contributed by atoms with Crippen LogP contribution < -0.4 is 14.8 Å². The Balaban J connectivity index is 1.81. The molecule has 0 aliphatic carbocycles. The Morgan fingerprint density at radius 1 is 0.966 bits per heavy atom. The number of hydrogen-bond acceptors (Lipinski definition) is 3. The number of carbonyl (C=O) groups excluding carboxylic acids is 2. The van der Waals surface area contributed by atoms with Gasteiger partial charge in [-0.2, -0.15) is 4.57 Å². The fourth-order valence-electron chi connectivity index (χ4n) is 4.22. The molecule has 0 saturated carbocycles. The van der Waals surface area contributed by atoms with E-state index in [9.17, 15) is 9.59 Å². The minimum atomic E-state index is -0.390. The molecular weight excluding hydrogens is 362 g/mol. The number of rotatable bonds is 2. The monoisotopic (exact) mass is 386 g/mol. The summed E-state index contributed by atoms with van der Waals surface area (Å²) in [5.74, 6) is -0.764. The van der Waals surface area contributed by atoms with Crippen molar-refractivity contribution >= 4 is 23.2 Å². The molecule has 5 nitrogen and oxygen atoms in total. The lowest BCUT2D eigenvalue weighted by molar-refractivity contribution is -0.578. The van der Waals surface area contributed by atoms with Crippen molar-refractivity contribution in [2.75, 3.05) is 11.9 Å². The lowest BCUT2D eigenvalue weighted by atomic mass is 9.83. The van der Waals surface area contributed by atoms with Crippen LogP contribution in [-0.2, 0) is 15.0 Å². The molecule has 0 radical (unpaired) electrons. The van der Waals surface area contributed by atoms with Gasteiger partial charge in [0, 0.05) is 47.1 Å². The molecule has 0 atom stereocenters. The average molecular weight is 386 g/mol. The number of anilines is 1. The number of nitrogens with one attached hydrogen (secondary N) is 1. The number of imide groups is 1. The summed E-state index contributed by atoms with van der Waals surface area (Å²) >= 11 is 0. The largest absolute Gasteiger partial charge is 0.347 e. The van der Waals surface area contributed by atoms with Crippen LogP contribution in [0.1, 0.15) is 26.3 Å². The molecule has 1 N–H and O–H groups in total. The Morgan fingerprint density at radius 2 is 1.66 bits per heavy atom. The van der Waals surface area contributed by atoms with E-state index < -0.39 is 0 Å². The molecule has 0 unspecified atom stereocenters. The van der Waals surface area contributed by atoms with Crippen LogP contribution in [0.15, 0.2) is 83.9 Å². The van der Waals surface area contributed by atoms with Crippen molar-refractivity contribution in [3.05, 3.63) is 89.4 Å². The van der Waals surface area contributed by atoms with Gasteiger partial charge in [-0.25, -0.2) is 0 Å². The number of carbonyl (C=O) groups is 2. The second-order valence-corrected chi connectivity index (χ2v) is 7.87. The molecule has 1 aromatic carbocycles. The maximum Gasteiger partial charge on any atom is 0.323 e. The Bertz CT molecular complexity index is 1110. The highest BCUT2D eigenvalue weighted by Crippen LogP contribution is 2.46. The van der Waals surface area contributed by atoms with E-state index in [0.717, 1.165) is 5.70 Å². The molecule has 3 heterocycles. The van der Waals surface area contributed by atoms with Crippen LogP contribution in [0, 0.1) is 0 Å². The van der Waals surface area contributed by atoms with Gasteiger partial charge in [0.15, 0.2) is 12.4 Å². The molecule has 2 aromatic rings. The summed E-state index contributed by atoms with van der Waals surface area (Å²) in [6.45, 7) is 6.17. The quantitative estimate of drug-likeness (QED) is 0.490. The summed E-state index contributed by atoms with van der Waals surface area (Å²) in [6, 6.07) is 13.9. The lowest BCUT2D eigenvalue weighted by Gasteiger charge is -2.24. The lowest BCUT2D eigenvalue weighted by Crippen LogP contribution is -2.47. The van der Waals surface area contributed by atoms with Gasteiger partial charge >= 0.3 is 5.91 Å². The topological polar surface area (TPSA) is 53.3 Å². The maximum atomic E-state index is 12.6. The third-order valence-electron chi connectivity index (χ3n) is 5.77. The van der Waals surface area contributed by atoms with E-state index in [1.807, 2.05) is 56.5 Å². The summed E-state index contributed by atoms with van der Waals surface area (Å²) in [7, 11) is 2.04. The molecule has 4 rings (SSSR count). The zero-order valence-corrected chi connectivity index (χ0v) is 17.1. The molecule has 2 amide bonds. The molecule has 5 heteroatoms. The van der Waals surface area contributed by atoms with Gasteiger partial charge in [0.2, 0.25) is 0 Å². The second-order valence-electron chi connectivity index (χ2n) is 7.87. The first-order valence-corrected chi connectivity index (χ1v) is 9.61. The fourth-order valence-corrected chi connectivity index (χ4v) is 4.22. The van der Waals surface area contributed by atoms with Crippen LogP contribution in [0.5, 0.6) is 0 Å². The zero-order valence-electron chi connectivity index (χ0n) is 17.1. The third kappa shape index (κ3) is 2.99. The van der Waals surface area contributed by atoms with E-state index in [1.54, 1.807) is 17.0 Å². The number of likely N-dealkylation sites (N-methyl/N-ethyl adjacent to an activating group) is 1. The predicted molar refractivity (Wildman–Crippen MR) is 113 cm³/mol. The van der Waals surface area contributed by atoms with Crippen LogP contribution in [0.3, 0.4) is 0 Å².